The first-order valence-corrected chi connectivity index (χ1v) is 10.5. The molecule has 0 fully saturated rings. The van der Waals surface area contributed by atoms with E-state index in [1.165, 1.54) is 11.1 Å². The molecule has 3 rings (SSSR count). The molecule has 1 aromatic heterocycles. The van der Waals surface area contributed by atoms with Crippen molar-refractivity contribution < 1.29 is 9.15 Å². The largest absolute Gasteiger partial charge is 0.444 e. The van der Waals surface area contributed by atoms with Gasteiger partial charge in [-0.25, -0.2) is 4.98 Å². The van der Waals surface area contributed by atoms with E-state index in [-0.39, 0.29) is 29.6 Å². The summed E-state index contributed by atoms with van der Waals surface area (Å²) in [7, 11) is 1.75. The van der Waals surface area contributed by atoms with Crippen LogP contribution in [-0.4, -0.2) is 23.6 Å². The van der Waals surface area contributed by atoms with Crippen molar-refractivity contribution in [2.45, 2.75) is 53.0 Å². The Morgan fingerprint density at radius 3 is 2.41 bits per heavy atom. The van der Waals surface area contributed by atoms with E-state index in [1.54, 1.807) is 13.3 Å². The van der Waals surface area contributed by atoms with E-state index in [0.717, 1.165) is 16.8 Å². The fourth-order valence-corrected chi connectivity index (χ4v) is 2.93. The summed E-state index contributed by atoms with van der Waals surface area (Å²) in [5.74, 6) is 1.32. The summed E-state index contributed by atoms with van der Waals surface area (Å²) in [5.41, 5.74) is 5.17. The third-order valence-electron chi connectivity index (χ3n) is 4.63. The van der Waals surface area contributed by atoms with E-state index >= 15 is 0 Å². The van der Waals surface area contributed by atoms with Crippen LogP contribution in [0.3, 0.4) is 0 Å². The molecule has 6 nitrogen and oxygen atoms in total. The predicted molar refractivity (Wildman–Crippen MR) is 140 cm³/mol. The second kappa shape index (κ2) is 12.0. The van der Waals surface area contributed by atoms with Crippen LogP contribution in [0.25, 0.3) is 11.5 Å². The Balaban J connectivity index is 0.00000363. The maximum Gasteiger partial charge on any atom is 0.226 e. The number of halogens is 1. The number of hydrogen-bond donors (Lipinski definition) is 2. The molecule has 0 aliphatic carbocycles. The summed E-state index contributed by atoms with van der Waals surface area (Å²) in [4.78, 5) is 8.86. The van der Waals surface area contributed by atoms with Crippen LogP contribution in [0, 0.1) is 6.92 Å². The lowest BCUT2D eigenvalue weighted by Crippen LogP contribution is -2.36. The number of nitrogens with zero attached hydrogens (tertiary/aromatic N) is 2. The minimum absolute atomic E-state index is 0. The topological polar surface area (TPSA) is 71.7 Å². The highest BCUT2D eigenvalue weighted by Gasteiger charge is 2.10. The Kier molecular flexibility index (Phi) is 9.71. The molecule has 2 N–H and O–H groups in total. The van der Waals surface area contributed by atoms with E-state index in [4.69, 9.17) is 9.15 Å². The van der Waals surface area contributed by atoms with Crippen LogP contribution in [0.5, 0.6) is 0 Å². The minimum atomic E-state index is -0.152. The van der Waals surface area contributed by atoms with Crippen molar-refractivity contribution in [2.75, 3.05) is 7.05 Å². The summed E-state index contributed by atoms with van der Waals surface area (Å²) in [5, 5.41) is 6.62. The van der Waals surface area contributed by atoms with Crippen molar-refractivity contribution >= 4 is 29.9 Å². The van der Waals surface area contributed by atoms with Crippen LogP contribution in [0.2, 0.25) is 0 Å². The number of ether oxygens (including phenoxy) is 1. The molecule has 0 amide bonds. The molecule has 0 saturated heterocycles. The molecular formula is C25H33IN4O2. The van der Waals surface area contributed by atoms with Gasteiger partial charge < -0.3 is 19.8 Å². The third-order valence-corrected chi connectivity index (χ3v) is 4.63. The molecule has 0 spiro atoms. The summed E-state index contributed by atoms with van der Waals surface area (Å²) in [6, 6.07) is 16.5. The van der Waals surface area contributed by atoms with Crippen LogP contribution in [0.1, 0.15) is 43.2 Å². The highest BCUT2D eigenvalue weighted by molar-refractivity contribution is 14.0. The number of rotatable bonds is 7. The Bertz CT molecular complexity index is 1010. The number of aryl methyl sites for hydroxylation is 1. The smallest absolute Gasteiger partial charge is 0.226 e. The van der Waals surface area contributed by atoms with Crippen LogP contribution in [0.4, 0.5) is 0 Å². The number of aromatic nitrogens is 1. The first kappa shape index (κ1) is 25.9. The van der Waals surface area contributed by atoms with E-state index in [1.807, 2.05) is 24.3 Å². The number of nitrogens with one attached hydrogen (secondary N) is 2. The molecule has 0 aliphatic heterocycles. The van der Waals surface area contributed by atoms with Crippen LogP contribution in [0.15, 0.2) is 64.2 Å². The van der Waals surface area contributed by atoms with Gasteiger partial charge in [-0.2, -0.15) is 0 Å². The second-order valence-electron chi connectivity index (χ2n) is 8.51. The van der Waals surface area contributed by atoms with Crippen LogP contribution >= 0.6 is 24.0 Å². The lowest BCUT2D eigenvalue weighted by molar-refractivity contribution is -0.0149. The van der Waals surface area contributed by atoms with Gasteiger partial charge in [-0.15, -0.1) is 24.0 Å². The number of hydrogen-bond acceptors (Lipinski definition) is 4. The van der Waals surface area contributed by atoms with Crippen molar-refractivity contribution in [1.29, 1.82) is 0 Å². The Labute approximate surface area is 207 Å². The summed E-state index contributed by atoms with van der Waals surface area (Å²) >= 11 is 0. The Morgan fingerprint density at radius 1 is 1.03 bits per heavy atom. The molecule has 7 heteroatoms. The van der Waals surface area contributed by atoms with Crippen molar-refractivity contribution in [2.24, 2.45) is 4.99 Å². The van der Waals surface area contributed by atoms with Crippen molar-refractivity contribution in [3.05, 3.63) is 77.2 Å². The molecule has 0 radical (unpaired) electrons. The summed E-state index contributed by atoms with van der Waals surface area (Å²) in [6.45, 7) is 10.0. The first-order valence-electron chi connectivity index (χ1n) is 10.5. The molecule has 0 aliphatic rings. The zero-order valence-corrected chi connectivity index (χ0v) is 21.8. The average Bonchev–Trinajstić information content (AvgIpc) is 3.22. The number of guanidine groups is 1. The molecule has 32 heavy (non-hydrogen) atoms. The quantitative estimate of drug-likeness (QED) is 0.234. The van der Waals surface area contributed by atoms with Gasteiger partial charge in [-0.05, 0) is 51.0 Å². The molecule has 0 unspecified atom stereocenters. The fourth-order valence-electron chi connectivity index (χ4n) is 2.93. The number of benzene rings is 2. The highest BCUT2D eigenvalue weighted by atomic mass is 127. The molecule has 0 bridgehead atoms. The van der Waals surface area contributed by atoms with Gasteiger partial charge in [0.1, 0.15) is 6.26 Å². The fraction of sp³-hybridized carbons (Fsp3) is 0.360. The number of aliphatic imine (C=N–C) groups is 1. The predicted octanol–water partition coefficient (Wildman–Crippen LogP) is 5.45. The van der Waals surface area contributed by atoms with Gasteiger partial charge >= 0.3 is 0 Å². The number of oxazole rings is 1. The molecule has 1 heterocycles. The van der Waals surface area contributed by atoms with E-state index < -0.39 is 0 Å². The monoisotopic (exact) mass is 548 g/mol. The highest BCUT2D eigenvalue weighted by Crippen LogP contribution is 2.19. The van der Waals surface area contributed by atoms with Gasteiger partial charge in [0.25, 0.3) is 0 Å². The Morgan fingerprint density at radius 2 is 1.72 bits per heavy atom. The standard InChI is InChI=1S/C25H32N4O2.HI/c1-18-9-11-21(12-10-18)23-29-22(17-30-23)15-28-24(26-5)27-14-19-7-6-8-20(13-19)16-31-25(2,3)4;/h6-13,17H,14-16H2,1-5H3,(H2,26,27,28);1H. The van der Waals surface area contributed by atoms with Gasteiger partial charge in [-0.1, -0.05) is 42.0 Å². The normalized spacial score (nSPS) is 11.7. The summed E-state index contributed by atoms with van der Waals surface area (Å²) in [6.07, 6.45) is 1.67. The van der Waals surface area contributed by atoms with Crippen molar-refractivity contribution in [3.8, 4) is 11.5 Å². The maximum absolute atomic E-state index is 5.87. The average molecular weight is 548 g/mol. The van der Waals surface area contributed by atoms with Gasteiger partial charge in [0, 0.05) is 19.2 Å². The van der Waals surface area contributed by atoms with E-state index in [0.29, 0.717) is 31.5 Å². The molecule has 172 valence electrons. The minimum Gasteiger partial charge on any atom is -0.444 e. The van der Waals surface area contributed by atoms with Gasteiger partial charge in [0.2, 0.25) is 5.89 Å². The molecular weight excluding hydrogens is 515 g/mol. The van der Waals surface area contributed by atoms with Crippen LogP contribution < -0.4 is 10.6 Å². The first-order chi connectivity index (χ1) is 14.8. The Hall–Kier alpha value is -2.39. The molecule has 2 aromatic carbocycles. The lowest BCUT2D eigenvalue weighted by atomic mass is 10.1. The SMILES string of the molecule is CN=C(NCc1cccc(COC(C)(C)C)c1)NCc1coc(-c2ccc(C)cc2)n1.I. The van der Waals surface area contributed by atoms with Gasteiger partial charge in [0.15, 0.2) is 5.96 Å². The zero-order valence-electron chi connectivity index (χ0n) is 19.4. The molecule has 0 saturated carbocycles. The van der Waals surface area contributed by atoms with Crippen molar-refractivity contribution in [3.63, 3.8) is 0 Å². The van der Waals surface area contributed by atoms with Gasteiger partial charge in [-0.3, -0.25) is 4.99 Å². The van der Waals surface area contributed by atoms with Gasteiger partial charge in [0.05, 0.1) is 24.4 Å². The molecule has 3 aromatic rings. The third kappa shape index (κ3) is 8.27. The molecule has 0 atom stereocenters. The summed E-state index contributed by atoms with van der Waals surface area (Å²) < 4.78 is 11.5. The maximum atomic E-state index is 5.87. The second-order valence-corrected chi connectivity index (χ2v) is 8.51. The van der Waals surface area contributed by atoms with Crippen LogP contribution in [-0.2, 0) is 24.4 Å². The van der Waals surface area contributed by atoms with Crippen molar-refractivity contribution in [1.82, 2.24) is 15.6 Å². The van der Waals surface area contributed by atoms with E-state index in [9.17, 15) is 0 Å². The zero-order chi connectivity index (χ0) is 22.3. The lowest BCUT2D eigenvalue weighted by Gasteiger charge is -2.19. The van der Waals surface area contributed by atoms with E-state index in [2.05, 4.69) is 72.6 Å².